The third-order valence-electron chi connectivity index (χ3n) is 8.28. The van der Waals surface area contributed by atoms with Crippen molar-refractivity contribution in [2.24, 2.45) is 23.2 Å². The van der Waals surface area contributed by atoms with Gasteiger partial charge < -0.3 is 24.8 Å². The van der Waals surface area contributed by atoms with Crippen LogP contribution in [0.5, 0.6) is 5.75 Å². The lowest BCUT2D eigenvalue weighted by Crippen LogP contribution is -2.33. The summed E-state index contributed by atoms with van der Waals surface area (Å²) >= 11 is 0. The van der Waals surface area contributed by atoms with Crippen molar-refractivity contribution >= 4 is 0 Å². The van der Waals surface area contributed by atoms with E-state index in [1.807, 2.05) is 19.1 Å². The second-order valence-corrected chi connectivity index (χ2v) is 11.8. The van der Waals surface area contributed by atoms with Crippen molar-refractivity contribution in [3.8, 4) is 5.75 Å². The molecule has 1 fully saturated rings. The molecular weight excluding hydrogens is 428 g/mol. The number of hydrogen-bond acceptors (Lipinski definition) is 5. The van der Waals surface area contributed by atoms with Crippen LogP contribution in [-0.4, -0.2) is 46.5 Å². The summed E-state index contributed by atoms with van der Waals surface area (Å²) in [6.45, 7) is 10.5. The van der Waals surface area contributed by atoms with Gasteiger partial charge in [-0.1, -0.05) is 59.1 Å². The average molecular weight is 477 g/mol. The predicted molar refractivity (Wildman–Crippen MR) is 136 cm³/mol. The van der Waals surface area contributed by atoms with Crippen molar-refractivity contribution in [1.82, 2.24) is 0 Å². The summed E-state index contributed by atoms with van der Waals surface area (Å²) in [5.74, 6) is 1.99. The Kier molecular flexibility index (Phi) is 9.85. The molecule has 0 aliphatic heterocycles. The van der Waals surface area contributed by atoms with E-state index in [1.165, 1.54) is 24.0 Å². The topological polar surface area (TPSA) is 79.2 Å². The number of aliphatic hydroxyl groups is 3. The quantitative estimate of drug-likeness (QED) is 0.283. The maximum atomic E-state index is 10.9. The highest BCUT2D eigenvalue weighted by atomic mass is 16.6. The molecule has 1 aromatic rings. The second-order valence-electron chi connectivity index (χ2n) is 11.8. The van der Waals surface area contributed by atoms with Gasteiger partial charge in [0.25, 0.3) is 0 Å². The molecule has 5 nitrogen and oxygen atoms in total. The lowest BCUT2D eigenvalue weighted by atomic mass is 9.73. The normalized spacial score (nSPS) is 27.1. The van der Waals surface area contributed by atoms with Crippen LogP contribution in [0.3, 0.4) is 0 Å². The van der Waals surface area contributed by atoms with Crippen LogP contribution in [0.2, 0.25) is 0 Å². The minimum absolute atomic E-state index is 0.0483. The van der Waals surface area contributed by atoms with Crippen LogP contribution >= 0.6 is 0 Å². The predicted octanol–water partition coefficient (Wildman–Crippen LogP) is 5.27. The van der Waals surface area contributed by atoms with Gasteiger partial charge in [0.05, 0.1) is 18.3 Å². The molecule has 34 heavy (non-hydrogen) atoms. The van der Waals surface area contributed by atoms with Crippen molar-refractivity contribution in [2.75, 3.05) is 6.61 Å². The van der Waals surface area contributed by atoms with Crippen molar-refractivity contribution in [3.63, 3.8) is 0 Å². The van der Waals surface area contributed by atoms with E-state index in [4.69, 9.17) is 9.47 Å². The fourth-order valence-corrected chi connectivity index (χ4v) is 5.74. The Morgan fingerprint density at radius 1 is 1.09 bits per heavy atom. The molecule has 2 aliphatic rings. The van der Waals surface area contributed by atoms with E-state index in [9.17, 15) is 15.3 Å². The zero-order valence-electron chi connectivity index (χ0n) is 22.0. The molecule has 1 aromatic carbocycles. The van der Waals surface area contributed by atoms with Gasteiger partial charge in [0.15, 0.2) is 6.29 Å². The number of unbranched alkanes of at least 4 members (excludes halogenated alkanes) is 2. The Bertz CT molecular complexity index is 757. The monoisotopic (exact) mass is 476 g/mol. The molecule has 194 valence electrons. The Balaban J connectivity index is 1.58. The van der Waals surface area contributed by atoms with Crippen LogP contribution in [0.4, 0.5) is 0 Å². The van der Waals surface area contributed by atoms with E-state index in [0.29, 0.717) is 11.8 Å². The smallest absolute Gasteiger partial charge is 0.189 e. The number of aliphatic hydroxyl groups excluding tert-OH is 3. The fourth-order valence-electron chi connectivity index (χ4n) is 5.74. The van der Waals surface area contributed by atoms with Gasteiger partial charge in [-0.15, -0.1) is 0 Å². The molecule has 2 aliphatic carbocycles. The lowest BCUT2D eigenvalue weighted by molar-refractivity contribution is -0.170. The third kappa shape index (κ3) is 7.19. The lowest BCUT2D eigenvalue weighted by Gasteiger charge is -2.33. The molecule has 3 rings (SSSR count). The summed E-state index contributed by atoms with van der Waals surface area (Å²) in [6, 6.07) is 6.18. The number of benzene rings is 1. The van der Waals surface area contributed by atoms with E-state index in [-0.39, 0.29) is 36.3 Å². The van der Waals surface area contributed by atoms with Crippen LogP contribution in [0.15, 0.2) is 18.2 Å². The summed E-state index contributed by atoms with van der Waals surface area (Å²) in [6.07, 6.45) is 7.08. The zero-order valence-corrected chi connectivity index (χ0v) is 22.0. The Morgan fingerprint density at radius 3 is 2.56 bits per heavy atom. The molecule has 3 N–H and O–H groups in total. The third-order valence-corrected chi connectivity index (χ3v) is 8.28. The Labute approximate surface area is 206 Å². The van der Waals surface area contributed by atoms with Gasteiger partial charge in [0, 0.05) is 0 Å². The summed E-state index contributed by atoms with van der Waals surface area (Å²) in [4.78, 5) is 0. The van der Waals surface area contributed by atoms with Gasteiger partial charge in [-0.05, 0) is 85.8 Å². The number of fused-ring (bicyclic) bond motifs is 2. The zero-order chi connectivity index (χ0) is 24.9. The van der Waals surface area contributed by atoms with E-state index < -0.39 is 6.29 Å². The molecule has 0 bridgehead atoms. The van der Waals surface area contributed by atoms with Crippen molar-refractivity contribution in [3.05, 3.63) is 29.3 Å². The Morgan fingerprint density at radius 2 is 1.85 bits per heavy atom. The first kappa shape index (κ1) is 27.4. The van der Waals surface area contributed by atoms with Gasteiger partial charge in [0.2, 0.25) is 0 Å². The molecule has 0 amide bonds. The maximum absolute atomic E-state index is 10.9. The molecule has 5 heteroatoms. The highest BCUT2D eigenvalue weighted by Gasteiger charge is 2.44. The molecule has 7 unspecified atom stereocenters. The van der Waals surface area contributed by atoms with Crippen molar-refractivity contribution < 1.29 is 24.8 Å². The number of ether oxygens (including phenoxy) is 2. The molecule has 1 saturated carbocycles. The van der Waals surface area contributed by atoms with Gasteiger partial charge in [0.1, 0.15) is 12.4 Å². The average Bonchev–Trinajstić information content (AvgIpc) is 3.08. The van der Waals surface area contributed by atoms with Gasteiger partial charge in [-0.2, -0.15) is 0 Å². The van der Waals surface area contributed by atoms with Crippen LogP contribution in [0.1, 0.15) is 90.7 Å². The molecule has 0 heterocycles. The van der Waals surface area contributed by atoms with E-state index in [2.05, 4.69) is 33.8 Å². The van der Waals surface area contributed by atoms with Crippen LogP contribution in [-0.2, 0) is 17.6 Å². The first-order valence-electron chi connectivity index (χ1n) is 13.5. The maximum Gasteiger partial charge on any atom is 0.189 e. The molecule has 0 spiro atoms. The van der Waals surface area contributed by atoms with Gasteiger partial charge in [-0.3, -0.25) is 0 Å². The minimum atomic E-state index is -0.970. The molecule has 0 radical (unpaired) electrons. The number of hydrogen-bond donors (Lipinski definition) is 3. The summed E-state index contributed by atoms with van der Waals surface area (Å²) in [7, 11) is 0. The van der Waals surface area contributed by atoms with Gasteiger partial charge >= 0.3 is 0 Å². The van der Waals surface area contributed by atoms with E-state index in [0.717, 1.165) is 50.7 Å². The van der Waals surface area contributed by atoms with E-state index >= 15 is 0 Å². The molecule has 0 saturated heterocycles. The minimum Gasteiger partial charge on any atom is -0.488 e. The molecular formula is C29H48O5. The molecule has 0 aromatic heterocycles. The Hall–Kier alpha value is -1.14. The highest BCUT2D eigenvalue weighted by molar-refractivity contribution is 5.43. The van der Waals surface area contributed by atoms with E-state index in [1.54, 1.807) is 0 Å². The largest absolute Gasteiger partial charge is 0.488 e. The fraction of sp³-hybridized carbons (Fsp3) is 0.793. The van der Waals surface area contributed by atoms with Crippen LogP contribution in [0.25, 0.3) is 0 Å². The molecule has 7 atom stereocenters. The second kappa shape index (κ2) is 12.2. The highest BCUT2D eigenvalue weighted by Crippen LogP contribution is 2.48. The SMILES string of the molecule is CCCCCC(O)CCC1C(O)CC2Cc3c(cccc3OCC(O)OC(C)C(C)(C)C)CC21. The van der Waals surface area contributed by atoms with Gasteiger partial charge in [-0.25, -0.2) is 0 Å². The first-order valence-corrected chi connectivity index (χ1v) is 13.5. The first-order chi connectivity index (χ1) is 16.1. The van der Waals surface area contributed by atoms with Crippen molar-refractivity contribution in [2.45, 2.75) is 117 Å². The number of rotatable bonds is 12. The standard InChI is InChI=1S/C29H48O5/c1-6-7-8-11-22(30)13-14-23-24-15-20-10-9-12-27(25(20)16-21(24)17-26(23)31)33-18-28(32)34-19(2)29(3,4)5/h9-10,12,19,21-24,26,28,30-32H,6-8,11,13-18H2,1-5H3. The summed E-state index contributed by atoms with van der Waals surface area (Å²) < 4.78 is 11.8. The van der Waals surface area contributed by atoms with Crippen LogP contribution in [0, 0.1) is 23.2 Å². The summed E-state index contributed by atoms with van der Waals surface area (Å²) in [5.41, 5.74) is 2.46. The summed E-state index contributed by atoms with van der Waals surface area (Å²) in [5, 5.41) is 31.6. The van der Waals surface area contributed by atoms with Crippen LogP contribution < -0.4 is 4.74 Å². The van der Waals surface area contributed by atoms with Crippen molar-refractivity contribution in [1.29, 1.82) is 0 Å².